The molecule has 1 atom stereocenters. The smallest absolute Gasteiger partial charge is 0.234 e. The van der Waals surface area contributed by atoms with Gasteiger partial charge >= 0.3 is 0 Å². The molecule has 0 saturated carbocycles. The topological polar surface area (TPSA) is 32.3 Å². The second-order valence-electron chi connectivity index (χ2n) is 5.93. The van der Waals surface area contributed by atoms with E-state index in [1.165, 1.54) is 11.1 Å². The molecule has 0 aromatic heterocycles. The highest BCUT2D eigenvalue weighted by Gasteiger charge is 2.18. The van der Waals surface area contributed by atoms with Crippen molar-refractivity contribution in [2.45, 2.75) is 25.9 Å². The van der Waals surface area contributed by atoms with E-state index < -0.39 is 0 Å². The van der Waals surface area contributed by atoms with Crippen molar-refractivity contribution in [2.24, 2.45) is 0 Å². The van der Waals surface area contributed by atoms with Crippen molar-refractivity contribution in [3.63, 3.8) is 0 Å². The number of nitrogens with one attached hydrogen (secondary N) is 1. The number of amides is 1. The number of carbonyl (C=O) groups is 1. The molecule has 0 bridgehead atoms. The third kappa shape index (κ3) is 3.55. The fourth-order valence-corrected chi connectivity index (χ4v) is 3.00. The second kappa shape index (κ2) is 6.75. The van der Waals surface area contributed by atoms with Crippen LogP contribution in [0.15, 0.2) is 54.6 Å². The summed E-state index contributed by atoms with van der Waals surface area (Å²) in [6, 6.07) is 18.6. The lowest BCUT2D eigenvalue weighted by molar-refractivity contribution is -0.123. The van der Waals surface area contributed by atoms with Crippen molar-refractivity contribution in [1.29, 1.82) is 0 Å². The van der Waals surface area contributed by atoms with Gasteiger partial charge in [0.25, 0.3) is 0 Å². The van der Waals surface area contributed by atoms with Gasteiger partial charge in [-0.25, -0.2) is 0 Å². The third-order valence-corrected chi connectivity index (χ3v) is 4.25. The maximum Gasteiger partial charge on any atom is 0.234 e. The first-order valence-electron chi connectivity index (χ1n) is 7.86. The summed E-state index contributed by atoms with van der Waals surface area (Å²) in [5, 5.41) is 3.09. The zero-order valence-corrected chi connectivity index (χ0v) is 13.0. The lowest BCUT2D eigenvalue weighted by Crippen LogP contribution is -2.40. The van der Waals surface area contributed by atoms with E-state index in [4.69, 9.17) is 0 Å². The number of hydrogen-bond donors (Lipinski definition) is 1. The van der Waals surface area contributed by atoms with Crippen molar-refractivity contribution in [3.05, 3.63) is 71.3 Å². The quantitative estimate of drug-likeness (QED) is 0.940. The Hall–Kier alpha value is -2.13. The van der Waals surface area contributed by atoms with Crippen molar-refractivity contribution in [1.82, 2.24) is 10.2 Å². The number of carbonyl (C=O) groups excluding carboxylic acids is 1. The van der Waals surface area contributed by atoms with Gasteiger partial charge in [-0.3, -0.25) is 9.69 Å². The third-order valence-electron chi connectivity index (χ3n) is 4.25. The molecule has 1 aliphatic rings. The fourth-order valence-electron chi connectivity index (χ4n) is 3.00. The minimum Gasteiger partial charge on any atom is -0.348 e. The molecule has 0 fully saturated rings. The first-order chi connectivity index (χ1) is 10.7. The van der Waals surface area contributed by atoms with Gasteiger partial charge < -0.3 is 5.32 Å². The van der Waals surface area contributed by atoms with Crippen LogP contribution in [0.2, 0.25) is 0 Å². The fraction of sp³-hybridized carbons (Fsp3) is 0.316. The van der Waals surface area contributed by atoms with Gasteiger partial charge in [-0.05, 0) is 30.0 Å². The van der Waals surface area contributed by atoms with Crippen molar-refractivity contribution in [3.8, 4) is 0 Å². The van der Waals surface area contributed by atoms with Crippen molar-refractivity contribution >= 4 is 5.91 Å². The molecule has 0 aliphatic carbocycles. The van der Waals surface area contributed by atoms with Crippen molar-refractivity contribution < 1.29 is 4.79 Å². The summed E-state index contributed by atoms with van der Waals surface area (Å²) in [6.45, 7) is 4.30. The Balaban J connectivity index is 1.55. The molecule has 22 heavy (non-hydrogen) atoms. The molecule has 0 spiro atoms. The highest BCUT2D eigenvalue weighted by molar-refractivity contribution is 5.78. The predicted molar refractivity (Wildman–Crippen MR) is 88.4 cm³/mol. The second-order valence-corrected chi connectivity index (χ2v) is 5.93. The van der Waals surface area contributed by atoms with Crippen molar-refractivity contribution in [2.75, 3.05) is 13.1 Å². The zero-order chi connectivity index (χ0) is 15.4. The van der Waals surface area contributed by atoms with Gasteiger partial charge in [0.15, 0.2) is 0 Å². The molecule has 1 heterocycles. The van der Waals surface area contributed by atoms with Crippen LogP contribution < -0.4 is 5.32 Å². The average Bonchev–Trinajstić information content (AvgIpc) is 2.55. The highest BCUT2D eigenvalue weighted by atomic mass is 16.2. The lowest BCUT2D eigenvalue weighted by atomic mass is 10.00. The van der Waals surface area contributed by atoms with E-state index in [2.05, 4.69) is 34.5 Å². The largest absolute Gasteiger partial charge is 0.348 e. The maximum absolute atomic E-state index is 12.3. The first-order valence-corrected chi connectivity index (χ1v) is 7.86. The predicted octanol–water partition coefficient (Wildman–Crippen LogP) is 2.92. The van der Waals surface area contributed by atoms with E-state index in [0.717, 1.165) is 25.1 Å². The van der Waals surface area contributed by atoms with E-state index >= 15 is 0 Å². The van der Waals surface area contributed by atoms with Gasteiger partial charge in [0.2, 0.25) is 5.91 Å². The number of rotatable bonds is 4. The van der Waals surface area contributed by atoms with Gasteiger partial charge in [0.1, 0.15) is 0 Å². The molecule has 0 radical (unpaired) electrons. The van der Waals surface area contributed by atoms with E-state index in [1.54, 1.807) is 0 Å². The van der Waals surface area contributed by atoms with Gasteiger partial charge in [-0.15, -0.1) is 0 Å². The molecule has 2 aromatic rings. The van der Waals surface area contributed by atoms with Gasteiger partial charge in [-0.2, -0.15) is 0 Å². The Bertz CT molecular complexity index is 639. The number of benzene rings is 2. The van der Waals surface area contributed by atoms with E-state index in [0.29, 0.717) is 6.54 Å². The summed E-state index contributed by atoms with van der Waals surface area (Å²) in [6.07, 6.45) is 1.03. The molecule has 3 rings (SSSR count). The van der Waals surface area contributed by atoms with Crippen LogP contribution in [-0.4, -0.2) is 23.9 Å². The Morgan fingerprint density at radius 3 is 2.55 bits per heavy atom. The lowest BCUT2D eigenvalue weighted by Gasteiger charge is -2.28. The molecule has 3 nitrogen and oxygen atoms in total. The van der Waals surface area contributed by atoms with Crippen LogP contribution in [0.5, 0.6) is 0 Å². The highest BCUT2D eigenvalue weighted by Crippen LogP contribution is 2.18. The summed E-state index contributed by atoms with van der Waals surface area (Å²) in [5.74, 6) is 0.0933. The molecule has 0 saturated heterocycles. The minimum absolute atomic E-state index is 0.0470. The van der Waals surface area contributed by atoms with Gasteiger partial charge in [0, 0.05) is 13.1 Å². The summed E-state index contributed by atoms with van der Waals surface area (Å²) < 4.78 is 0. The SMILES string of the molecule is C[C@@H](NC(=O)CN1CCc2ccccc2C1)c1ccccc1. The van der Waals surface area contributed by atoms with Gasteiger partial charge in [-0.1, -0.05) is 54.6 Å². The molecular weight excluding hydrogens is 272 g/mol. The molecule has 3 heteroatoms. The zero-order valence-electron chi connectivity index (χ0n) is 13.0. The Kier molecular flexibility index (Phi) is 4.54. The summed E-state index contributed by atoms with van der Waals surface area (Å²) in [7, 11) is 0. The first kappa shape index (κ1) is 14.8. The molecule has 114 valence electrons. The molecule has 0 unspecified atom stereocenters. The van der Waals surface area contributed by atoms with Crippen LogP contribution in [0.1, 0.15) is 29.7 Å². The number of nitrogens with zero attached hydrogens (tertiary/aromatic N) is 1. The number of hydrogen-bond acceptors (Lipinski definition) is 2. The van der Waals surface area contributed by atoms with E-state index in [9.17, 15) is 4.79 Å². The van der Waals surface area contributed by atoms with Crippen LogP contribution >= 0.6 is 0 Å². The molecule has 2 aromatic carbocycles. The summed E-state index contributed by atoms with van der Waals surface area (Å²) in [4.78, 5) is 14.5. The minimum atomic E-state index is 0.0470. The van der Waals surface area contributed by atoms with Gasteiger partial charge in [0.05, 0.1) is 12.6 Å². The summed E-state index contributed by atoms with van der Waals surface area (Å²) >= 11 is 0. The summed E-state index contributed by atoms with van der Waals surface area (Å²) in [5.41, 5.74) is 3.90. The van der Waals surface area contributed by atoms with Crippen LogP contribution in [0.3, 0.4) is 0 Å². The maximum atomic E-state index is 12.3. The molecule has 1 amide bonds. The number of fused-ring (bicyclic) bond motifs is 1. The Morgan fingerprint density at radius 1 is 1.09 bits per heavy atom. The standard InChI is InChI=1S/C19H22N2O/c1-15(16-7-3-2-4-8-16)20-19(22)14-21-12-11-17-9-5-6-10-18(17)13-21/h2-10,15H,11-14H2,1H3,(H,20,22)/t15-/m1/s1. The van der Waals surface area contributed by atoms with Crippen LogP contribution in [-0.2, 0) is 17.8 Å². The average molecular weight is 294 g/mol. The molecular formula is C19H22N2O. The Labute approximate surface area is 132 Å². The van der Waals surface area contributed by atoms with Crippen LogP contribution in [0, 0.1) is 0 Å². The van der Waals surface area contributed by atoms with E-state index in [-0.39, 0.29) is 11.9 Å². The normalized spacial score (nSPS) is 15.9. The molecule has 1 N–H and O–H groups in total. The van der Waals surface area contributed by atoms with E-state index in [1.807, 2.05) is 37.3 Å². The monoisotopic (exact) mass is 294 g/mol. The van der Waals surface area contributed by atoms with Crippen LogP contribution in [0.25, 0.3) is 0 Å². The Morgan fingerprint density at radius 2 is 1.77 bits per heavy atom. The molecule has 1 aliphatic heterocycles. The van der Waals surface area contributed by atoms with Crippen LogP contribution in [0.4, 0.5) is 0 Å².